The highest BCUT2D eigenvalue weighted by atomic mass is 79.9. The van der Waals surface area contributed by atoms with Crippen LogP contribution in [-0.2, 0) is 9.59 Å². The Bertz CT molecular complexity index is 583. The average molecular weight is 331 g/mol. The van der Waals surface area contributed by atoms with Crippen LogP contribution in [0.5, 0.6) is 0 Å². The van der Waals surface area contributed by atoms with Gasteiger partial charge in [0.25, 0.3) is 5.69 Å². The second-order valence-corrected chi connectivity index (χ2v) is 4.16. The maximum Gasteiger partial charge on any atom is 0.352 e. The number of carboxylic acids is 2. The summed E-state index contributed by atoms with van der Waals surface area (Å²) in [5.41, 5.74) is -1.19. The fraction of sp³-hybridized carbons (Fsp3) is 0. The van der Waals surface area contributed by atoms with Crippen LogP contribution in [0, 0.1) is 10.1 Å². The number of anilines is 1. The van der Waals surface area contributed by atoms with E-state index in [0.29, 0.717) is 10.5 Å². The molecule has 19 heavy (non-hydrogen) atoms. The molecule has 0 heterocycles. The molecule has 9 heteroatoms. The van der Waals surface area contributed by atoms with Crippen molar-refractivity contribution in [1.29, 1.82) is 0 Å². The molecule has 100 valence electrons. The number of nitrogens with one attached hydrogen (secondary N) is 1. The molecule has 0 spiro atoms. The maximum atomic E-state index is 10.8. The highest BCUT2D eigenvalue weighted by Crippen LogP contribution is 2.28. The molecule has 0 atom stereocenters. The Morgan fingerprint density at radius 1 is 1.37 bits per heavy atom. The Labute approximate surface area is 114 Å². The summed E-state index contributed by atoms with van der Waals surface area (Å²) in [6.45, 7) is 0. The zero-order chi connectivity index (χ0) is 14.6. The van der Waals surface area contributed by atoms with E-state index in [-0.39, 0.29) is 11.4 Å². The first-order chi connectivity index (χ1) is 8.81. The third-order valence-electron chi connectivity index (χ3n) is 1.92. The van der Waals surface area contributed by atoms with Crippen molar-refractivity contribution in [3.8, 4) is 0 Å². The molecule has 0 saturated carbocycles. The largest absolute Gasteiger partial charge is 0.478 e. The molecule has 0 unspecified atom stereocenters. The minimum Gasteiger partial charge on any atom is -0.478 e. The van der Waals surface area contributed by atoms with E-state index in [9.17, 15) is 19.7 Å². The van der Waals surface area contributed by atoms with Crippen LogP contribution in [0.25, 0.3) is 0 Å². The van der Waals surface area contributed by atoms with E-state index in [1.54, 1.807) is 0 Å². The number of nitro groups is 1. The zero-order valence-electron chi connectivity index (χ0n) is 9.16. The Kier molecular flexibility index (Phi) is 4.59. The second kappa shape index (κ2) is 5.96. The van der Waals surface area contributed by atoms with E-state index in [1.807, 2.05) is 0 Å². The highest BCUT2D eigenvalue weighted by Gasteiger charge is 2.18. The number of rotatable bonds is 5. The van der Waals surface area contributed by atoms with Crippen LogP contribution in [0.1, 0.15) is 0 Å². The summed E-state index contributed by atoms with van der Waals surface area (Å²) < 4.78 is 0.434. The van der Waals surface area contributed by atoms with Crippen molar-refractivity contribution in [2.75, 3.05) is 5.32 Å². The zero-order valence-corrected chi connectivity index (χ0v) is 10.7. The van der Waals surface area contributed by atoms with Crippen LogP contribution in [-0.4, -0.2) is 27.1 Å². The predicted octanol–water partition coefficient (Wildman–Crippen LogP) is 1.82. The van der Waals surface area contributed by atoms with Crippen molar-refractivity contribution in [2.45, 2.75) is 0 Å². The smallest absolute Gasteiger partial charge is 0.352 e. The van der Waals surface area contributed by atoms with Gasteiger partial charge in [-0.2, -0.15) is 0 Å². The number of hydrogen-bond donors (Lipinski definition) is 3. The van der Waals surface area contributed by atoms with Gasteiger partial charge in [-0.15, -0.1) is 0 Å². The number of carboxylic acid groups (broad SMARTS) is 2. The lowest BCUT2D eigenvalue weighted by atomic mass is 10.2. The summed E-state index contributed by atoms with van der Waals surface area (Å²) in [4.78, 5) is 31.4. The maximum absolute atomic E-state index is 10.8. The summed E-state index contributed by atoms with van der Waals surface area (Å²) in [6, 6.07) is 3.89. The summed E-state index contributed by atoms with van der Waals surface area (Å²) in [5.74, 6) is -3.02. The van der Waals surface area contributed by atoms with E-state index in [4.69, 9.17) is 10.2 Å². The van der Waals surface area contributed by atoms with Gasteiger partial charge in [0.15, 0.2) is 0 Å². The molecule has 0 saturated heterocycles. The predicted molar refractivity (Wildman–Crippen MR) is 67.8 cm³/mol. The van der Waals surface area contributed by atoms with Gasteiger partial charge in [-0.25, -0.2) is 9.59 Å². The monoisotopic (exact) mass is 330 g/mol. The lowest BCUT2D eigenvalue weighted by Gasteiger charge is -2.07. The summed E-state index contributed by atoms with van der Waals surface area (Å²) in [5, 5.41) is 30.3. The highest BCUT2D eigenvalue weighted by molar-refractivity contribution is 9.10. The second-order valence-electron chi connectivity index (χ2n) is 3.24. The molecule has 0 fully saturated rings. The van der Waals surface area contributed by atoms with E-state index < -0.39 is 22.6 Å². The fourth-order valence-corrected chi connectivity index (χ4v) is 1.53. The lowest BCUT2D eigenvalue weighted by Crippen LogP contribution is -2.13. The number of halogens is 1. The lowest BCUT2D eigenvalue weighted by molar-refractivity contribution is -0.384. The SMILES string of the molecule is O=C(O)C=C(Nc1ccc(Br)cc1[N+](=O)[O-])C(=O)O. The molecule has 0 radical (unpaired) electrons. The van der Waals surface area contributed by atoms with Gasteiger partial charge in [0, 0.05) is 10.5 Å². The van der Waals surface area contributed by atoms with Crippen LogP contribution in [0.4, 0.5) is 11.4 Å². The Morgan fingerprint density at radius 3 is 2.47 bits per heavy atom. The van der Waals surface area contributed by atoms with E-state index >= 15 is 0 Å². The summed E-state index contributed by atoms with van der Waals surface area (Å²) >= 11 is 3.04. The van der Waals surface area contributed by atoms with Gasteiger partial charge < -0.3 is 15.5 Å². The normalized spacial score (nSPS) is 10.9. The molecule has 8 nitrogen and oxygen atoms in total. The number of hydrogen-bond acceptors (Lipinski definition) is 5. The van der Waals surface area contributed by atoms with Gasteiger partial charge in [-0.1, -0.05) is 15.9 Å². The minimum absolute atomic E-state index is 0.122. The third kappa shape index (κ3) is 4.07. The van der Waals surface area contributed by atoms with Crippen molar-refractivity contribution >= 4 is 39.2 Å². The Morgan fingerprint density at radius 2 is 2.00 bits per heavy atom. The number of aliphatic carboxylic acids is 2. The van der Waals surface area contributed by atoms with Crippen molar-refractivity contribution in [3.05, 3.63) is 44.6 Å². The Balaban J connectivity index is 3.20. The fourth-order valence-electron chi connectivity index (χ4n) is 1.18. The minimum atomic E-state index is -1.54. The van der Waals surface area contributed by atoms with Crippen LogP contribution in [0.15, 0.2) is 34.4 Å². The van der Waals surface area contributed by atoms with Crippen molar-refractivity contribution in [3.63, 3.8) is 0 Å². The van der Waals surface area contributed by atoms with Gasteiger partial charge in [0.1, 0.15) is 11.4 Å². The average Bonchev–Trinajstić information content (AvgIpc) is 2.29. The first-order valence-corrected chi connectivity index (χ1v) is 5.49. The van der Waals surface area contributed by atoms with Crippen molar-refractivity contribution in [2.24, 2.45) is 0 Å². The molecule has 1 aromatic carbocycles. The van der Waals surface area contributed by atoms with Crippen molar-refractivity contribution in [1.82, 2.24) is 0 Å². The number of nitro benzene ring substituents is 1. The number of carbonyl (C=O) groups is 2. The van der Waals surface area contributed by atoms with E-state index in [0.717, 1.165) is 0 Å². The first-order valence-electron chi connectivity index (χ1n) is 4.70. The summed E-state index contributed by atoms with van der Waals surface area (Å²) in [6.07, 6.45) is 0.411. The third-order valence-corrected chi connectivity index (χ3v) is 2.42. The Hall–Kier alpha value is -2.42. The molecule has 0 aromatic heterocycles. The van der Waals surface area contributed by atoms with Gasteiger partial charge in [0.05, 0.1) is 11.0 Å². The summed E-state index contributed by atoms with van der Waals surface area (Å²) in [7, 11) is 0. The number of benzene rings is 1. The molecule has 1 rings (SSSR count). The van der Waals surface area contributed by atoms with Crippen molar-refractivity contribution < 1.29 is 24.7 Å². The van der Waals surface area contributed by atoms with Crippen LogP contribution in [0.3, 0.4) is 0 Å². The number of nitrogens with zero attached hydrogens (tertiary/aromatic N) is 1. The topological polar surface area (TPSA) is 130 Å². The standard InChI is InChI=1S/C10H7BrN2O6/c11-5-1-2-6(8(3-5)13(18)19)12-7(10(16)17)4-9(14)15/h1-4,12H,(H,14,15)(H,16,17). The molecular formula is C10H7BrN2O6. The van der Waals surface area contributed by atoms with Crippen LogP contribution < -0.4 is 5.32 Å². The van der Waals surface area contributed by atoms with Gasteiger partial charge in [0.2, 0.25) is 0 Å². The van der Waals surface area contributed by atoms with Gasteiger partial charge >= 0.3 is 11.9 Å². The van der Waals surface area contributed by atoms with Crippen LogP contribution in [0.2, 0.25) is 0 Å². The molecule has 0 aliphatic carbocycles. The molecule has 0 aliphatic heterocycles. The van der Waals surface area contributed by atoms with Crippen LogP contribution >= 0.6 is 15.9 Å². The molecule has 0 aliphatic rings. The van der Waals surface area contributed by atoms with Gasteiger partial charge in [-0.05, 0) is 12.1 Å². The van der Waals surface area contributed by atoms with Gasteiger partial charge in [-0.3, -0.25) is 10.1 Å². The first kappa shape index (κ1) is 14.6. The molecular weight excluding hydrogens is 324 g/mol. The molecule has 3 N–H and O–H groups in total. The van der Waals surface area contributed by atoms with E-state index in [1.165, 1.54) is 18.2 Å². The van der Waals surface area contributed by atoms with E-state index in [2.05, 4.69) is 21.2 Å². The molecule has 0 amide bonds. The molecule has 0 bridgehead atoms. The molecule has 1 aromatic rings. The quantitative estimate of drug-likeness (QED) is 0.426.